The van der Waals surface area contributed by atoms with Crippen LogP contribution < -0.4 is 25.4 Å². The number of nitrogens with one attached hydrogen (secondary N) is 1. The second-order valence-corrected chi connectivity index (χ2v) is 5.00. The van der Waals surface area contributed by atoms with Gasteiger partial charge in [0.25, 0.3) is 0 Å². The van der Waals surface area contributed by atoms with Crippen LogP contribution in [0.15, 0.2) is 53.6 Å². The lowest BCUT2D eigenvalue weighted by atomic mass is 10.2. The summed E-state index contributed by atoms with van der Waals surface area (Å²) < 4.78 is 16.6. The van der Waals surface area contributed by atoms with Crippen molar-refractivity contribution in [2.75, 3.05) is 20.3 Å². The number of hydrogen-bond donors (Lipinski definition) is 2. The van der Waals surface area contributed by atoms with Crippen LogP contribution in [0.2, 0.25) is 0 Å². The van der Waals surface area contributed by atoms with E-state index >= 15 is 0 Å². The zero-order chi connectivity index (χ0) is 17.9. The average Bonchev–Trinajstić information content (AvgIpc) is 2.63. The van der Waals surface area contributed by atoms with Crippen LogP contribution in [0.3, 0.4) is 0 Å². The van der Waals surface area contributed by atoms with Crippen molar-refractivity contribution in [3.63, 3.8) is 0 Å². The summed E-state index contributed by atoms with van der Waals surface area (Å²) in [7, 11) is 1.61. The van der Waals surface area contributed by atoms with Crippen LogP contribution in [-0.4, -0.2) is 32.6 Å². The first-order valence-corrected chi connectivity index (χ1v) is 7.76. The molecule has 2 aromatic carbocycles. The lowest BCUT2D eigenvalue weighted by Gasteiger charge is -2.10. The van der Waals surface area contributed by atoms with E-state index in [1.807, 2.05) is 48.5 Å². The maximum Gasteiger partial charge on any atom is 0.332 e. The van der Waals surface area contributed by atoms with E-state index in [9.17, 15) is 4.79 Å². The minimum atomic E-state index is -0.702. The number of nitrogens with two attached hydrogens (primary N) is 1. The molecular weight excluding hydrogens is 322 g/mol. The molecule has 7 nitrogen and oxygen atoms in total. The second-order valence-electron chi connectivity index (χ2n) is 5.00. The molecule has 2 rings (SSSR count). The highest BCUT2D eigenvalue weighted by atomic mass is 16.5. The molecule has 2 amide bonds. The Morgan fingerprint density at radius 2 is 1.76 bits per heavy atom. The van der Waals surface area contributed by atoms with Crippen molar-refractivity contribution >= 4 is 12.2 Å². The van der Waals surface area contributed by atoms with Gasteiger partial charge in [-0.15, -0.1) is 0 Å². The van der Waals surface area contributed by atoms with E-state index in [1.54, 1.807) is 7.11 Å². The van der Waals surface area contributed by atoms with Gasteiger partial charge in [0.1, 0.15) is 5.75 Å². The zero-order valence-electron chi connectivity index (χ0n) is 14.0. The smallest absolute Gasteiger partial charge is 0.332 e. The van der Waals surface area contributed by atoms with E-state index in [-0.39, 0.29) is 0 Å². The molecule has 7 heteroatoms. The average molecular weight is 343 g/mol. The van der Waals surface area contributed by atoms with Crippen molar-refractivity contribution < 1.29 is 19.0 Å². The molecular formula is C18H21N3O4. The van der Waals surface area contributed by atoms with Crippen LogP contribution in [0, 0.1) is 0 Å². The lowest BCUT2D eigenvalue weighted by Crippen LogP contribution is -2.24. The Bertz CT molecular complexity index is 702. The van der Waals surface area contributed by atoms with Crippen LogP contribution in [0.4, 0.5) is 4.79 Å². The van der Waals surface area contributed by atoms with Gasteiger partial charge in [0.05, 0.1) is 26.5 Å². The quantitative estimate of drug-likeness (QED) is 0.415. The van der Waals surface area contributed by atoms with E-state index in [2.05, 4.69) is 10.5 Å². The van der Waals surface area contributed by atoms with Crippen LogP contribution in [0.1, 0.15) is 12.0 Å². The molecule has 0 radical (unpaired) electrons. The standard InChI is InChI=1S/C18H21N3O4/c1-23-16-5-2-3-6-17(16)25-12-4-11-24-15-9-7-14(8-10-15)13-20-21-18(19)22/h2-3,5-10,13H,4,11-12H2,1H3,(H3,19,21,22)/b20-13-. The first kappa shape index (κ1) is 18.1. The highest BCUT2D eigenvalue weighted by Crippen LogP contribution is 2.25. The third-order valence-corrected chi connectivity index (χ3v) is 3.15. The summed E-state index contributed by atoms with van der Waals surface area (Å²) in [5.41, 5.74) is 7.87. The zero-order valence-corrected chi connectivity index (χ0v) is 14.0. The van der Waals surface area contributed by atoms with E-state index in [0.29, 0.717) is 19.0 Å². The highest BCUT2D eigenvalue weighted by Gasteiger charge is 2.02. The fourth-order valence-corrected chi connectivity index (χ4v) is 1.99. The molecule has 25 heavy (non-hydrogen) atoms. The van der Waals surface area contributed by atoms with Crippen molar-refractivity contribution in [3.05, 3.63) is 54.1 Å². The number of hydrogen-bond acceptors (Lipinski definition) is 5. The number of carbonyl (C=O) groups is 1. The summed E-state index contributed by atoms with van der Waals surface area (Å²) in [6, 6.07) is 14.1. The molecule has 0 saturated carbocycles. The number of urea groups is 1. The van der Waals surface area contributed by atoms with Gasteiger partial charge in [-0.2, -0.15) is 5.10 Å². The van der Waals surface area contributed by atoms with Crippen molar-refractivity contribution in [3.8, 4) is 17.2 Å². The normalized spacial score (nSPS) is 10.4. The maximum atomic E-state index is 10.5. The lowest BCUT2D eigenvalue weighted by molar-refractivity contribution is 0.240. The molecule has 0 spiro atoms. The van der Waals surface area contributed by atoms with Crippen molar-refractivity contribution in [1.29, 1.82) is 0 Å². The number of carbonyl (C=O) groups excluding carboxylic acids is 1. The molecule has 0 aliphatic rings. The SMILES string of the molecule is COc1ccccc1OCCCOc1ccc(/C=N\NC(N)=O)cc1. The number of para-hydroxylation sites is 2. The molecule has 0 saturated heterocycles. The minimum Gasteiger partial charge on any atom is -0.493 e. The van der Waals surface area contributed by atoms with Gasteiger partial charge in [-0.25, -0.2) is 10.2 Å². The van der Waals surface area contributed by atoms with E-state index in [4.69, 9.17) is 19.9 Å². The van der Waals surface area contributed by atoms with Gasteiger partial charge in [-0.05, 0) is 42.0 Å². The Morgan fingerprint density at radius 3 is 2.44 bits per heavy atom. The predicted octanol–water partition coefficient (Wildman–Crippen LogP) is 2.55. The Labute approximate surface area is 146 Å². The Hall–Kier alpha value is -3.22. The molecule has 0 aliphatic carbocycles. The number of amides is 2. The summed E-state index contributed by atoms with van der Waals surface area (Å²) in [6.07, 6.45) is 2.24. The molecule has 2 aromatic rings. The van der Waals surface area contributed by atoms with Crippen LogP contribution in [0.5, 0.6) is 17.2 Å². The first-order chi connectivity index (χ1) is 12.2. The predicted molar refractivity (Wildman–Crippen MR) is 95.4 cm³/mol. The first-order valence-electron chi connectivity index (χ1n) is 7.76. The van der Waals surface area contributed by atoms with Gasteiger partial charge in [0, 0.05) is 6.42 Å². The molecule has 0 atom stereocenters. The number of methoxy groups -OCH3 is 1. The van der Waals surface area contributed by atoms with Crippen LogP contribution in [0.25, 0.3) is 0 Å². The molecule has 0 heterocycles. The number of rotatable bonds is 9. The highest BCUT2D eigenvalue weighted by molar-refractivity contribution is 5.81. The van der Waals surface area contributed by atoms with Gasteiger partial charge < -0.3 is 19.9 Å². The van der Waals surface area contributed by atoms with E-state index < -0.39 is 6.03 Å². The summed E-state index contributed by atoms with van der Waals surface area (Å²) in [4.78, 5) is 10.5. The number of ether oxygens (including phenoxy) is 3. The minimum absolute atomic E-state index is 0.532. The van der Waals surface area contributed by atoms with Crippen LogP contribution >= 0.6 is 0 Å². The fourth-order valence-electron chi connectivity index (χ4n) is 1.99. The third kappa shape index (κ3) is 6.42. The Balaban J connectivity index is 1.69. The Kier molecular flexibility index (Phi) is 7.12. The number of hydrazone groups is 1. The van der Waals surface area contributed by atoms with Crippen molar-refractivity contribution in [1.82, 2.24) is 5.43 Å². The van der Waals surface area contributed by atoms with Gasteiger partial charge in [-0.3, -0.25) is 0 Å². The molecule has 0 bridgehead atoms. The van der Waals surface area contributed by atoms with E-state index in [1.165, 1.54) is 6.21 Å². The summed E-state index contributed by atoms with van der Waals surface area (Å²) >= 11 is 0. The largest absolute Gasteiger partial charge is 0.493 e. The fraction of sp³-hybridized carbons (Fsp3) is 0.222. The molecule has 0 aromatic heterocycles. The van der Waals surface area contributed by atoms with Crippen LogP contribution in [-0.2, 0) is 0 Å². The number of nitrogens with zero attached hydrogens (tertiary/aromatic N) is 1. The topological polar surface area (TPSA) is 95.2 Å². The second kappa shape index (κ2) is 9.82. The van der Waals surface area contributed by atoms with Gasteiger partial charge in [0.15, 0.2) is 11.5 Å². The third-order valence-electron chi connectivity index (χ3n) is 3.15. The van der Waals surface area contributed by atoms with Crippen molar-refractivity contribution in [2.24, 2.45) is 10.8 Å². The Morgan fingerprint density at radius 1 is 1.08 bits per heavy atom. The molecule has 0 aliphatic heterocycles. The van der Waals surface area contributed by atoms with Gasteiger partial charge in [-0.1, -0.05) is 12.1 Å². The van der Waals surface area contributed by atoms with Crippen molar-refractivity contribution in [2.45, 2.75) is 6.42 Å². The van der Waals surface area contributed by atoms with Gasteiger partial charge >= 0.3 is 6.03 Å². The molecule has 132 valence electrons. The molecule has 0 unspecified atom stereocenters. The van der Waals surface area contributed by atoms with Gasteiger partial charge in [0.2, 0.25) is 0 Å². The van der Waals surface area contributed by atoms with E-state index in [0.717, 1.165) is 23.5 Å². The monoisotopic (exact) mass is 343 g/mol. The number of benzene rings is 2. The number of primary amides is 1. The molecule has 0 fully saturated rings. The summed E-state index contributed by atoms with van der Waals surface area (Å²) in [5.74, 6) is 2.18. The summed E-state index contributed by atoms with van der Waals surface area (Å²) in [6.45, 7) is 1.07. The molecule has 3 N–H and O–H groups in total. The summed E-state index contributed by atoms with van der Waals surface area (Å²) in [5, 5.41) is 3.68. The maximum absolute atomic E-state index is 10.5.